The highest BCUT2D eigenvalue weighted by Crippen LogP contribution is 2.27. The van der Waals surface area contributed by atoms with Crippen molar-refractivity contribution in [3.63, 3.8) is 0 Å². The number of β-amino-alcohol motifs (C(OH)–C–C–N with tert-alkyl or cyclic N) is 1. The van der Waals surface area contributed by atoms with Crippen LogP contribution in [0.4, 0.5) is 0 Å². The Morgan fingerprint density at radius 1 is 1.35 bits per heavy atom. The van der Waals surface area contributed by atoms with Crippen LogP contribution in [-0.2, 0) is 16.1 Å². The minimum atomic E-state index is -0.702. The number of thiazole rings is 1. The van der Waals surface area contributed by atoms with Crippen LogP contribution in [0.2, 0.25) is 0 Å². The molecular weight excluding hydrogens is 412 g/mol. The zero-order chi connectivity index (χ0) is 22.8. The van der Waals surface area contributed by atoms with Gasteiger partial charge in [-0.25, -0.2) is 4.98 Å². The van der Waals surface area contributed by atoms with Gasteiger partial charge < -0.3 is 20.6 Å². The monoisotopic (exact) mass is 444 g/mol. The van der Waals surface area contributed by atoms with E-state index in [4.69, 9.17) is 0 Å². The molecule has 2 aromatic rings. The molecule has 0 saturated carbocycles. The molecule has 1 aliphatic heterocycles. The standard InChI is InChI=1S/C23H32N4O3S/c1-14-19(31-13-26-14)16-8-6-15(7-9-16)11-25-21(29)18-10-17(28)12-27(18)22(30)20(24-5)23(2,3)4/h6-9,13,17-18,20,28H,5,10-12,24H2,1-4H3,(H,25,29)/t17-,18-,20+/m0/s1. The lowest BCUT2D eigenvalue weighted by atomic mass is 9.86. The van der Waals surface area contributed by atoms with E-state index < -0.39 is 18.2 Å². The van der Waals surface area contributed by atoms with Gasteiger partial charge in [-0.15, -0.1) is 11.3 Å². The van der Waals surface area contributed by atoms with Crippen molar-refractivity contribution in [1.29, 1.82) is 0 Å². The normalized spacial score (nSPS) is 20.0. The van der Waals surface area contributed by atoms with Crippen molar-refractivity contribution >= 4 is 23.2 Å². The molecule has 1 saturated heterocycles. The fraction of sp³-hybridized carbons (Fsp3) is 0.478. The number of aliphatic hydroxyl groups is 1. The number of aliphatic hydroxyl groups excluding tert-OH is 1. The summed E-state index contributed by atoms with van der Waals surface area (Å²) in [5.74, 6) is -0.410. The number of carbonyl (C=O) groups is 2. The molecule has 168 valence electrons. The first-order valence-electron chi connectivity index (χ1n) is 10.5. The van der Waals surface area contributed by atoms with Crippen LogP contribution in [0.25, 0.3) is 10.4 Å². The molecule has 3 atom stereocenters. The maximum absolute atomic E-state index is 13.1. The average molecular weight is 445 g/mol. The van der Waals surface area contributed by atoms with E-state index in [1.165, 1.54) is 4.90 Å². The molecule has 3 rings (SSSR count). The summed E-state index contributed by atoms with van der Waals surface area (Å²) in [7, 11) is 3.80. The molecule has 0 aliphatic carbocycles. The summed E-state index contributed by atoms with van der Waals surface area (Å²) in [4.78, 5) is 32.9. The number of nitrogens with one attached hydrogen (secondary N) is 1. The van der Waals surface area contributed by atoms with E-state index >= 15 is 0 Å². The number of hydrogen-bond donors (Lipinski definition) is 3. The lowest BCUT2D eigenvalue weighted by Crippen LogP contribution is -2.90. The van der Waals surface area contributed by atoms with E-state index in [0.717, 1.165) is 21.7 Å². The number of quaternary nitrogens is 1. The van der Waals surface area contributed by atoms with Crippen LogP contribution in [0.3, 0.4) is 0 Å². The number of hydrogen-bond acceptors (Lipinski definition) is 5. The average Bonchev–Trinajstić information content (AvgIpc) is 3.31. The molecule has 0 radical (unpaired) electrons. The number of aromatic nitrogens is 1. The third-order valence-corrected chi connectivity index (χ3v) is 6.71. The van der Waals surface area contributed by atoms with Crippen LogP contribution in [0.5, 0.6) is 0 Å². The van der Waals surface area contributed by atoms with Crippen LogP contribution in [-0.4, -0.2) is 51.5 Å². The summed E-state index contributed by atoms with van der Waals surface area (Å²) in [5, 5.41) is 14.7. The highest BCUT2D eigenvalue weighted by molar-refractivity contribution is 7.13. The van der Waals surface area contributed by atoms with E-state index in [-0.39, 0.29) is 30.2 Å². The van der Waals surface area contributed by atoms with Crippen LogP contribution in [0, 0.1) is 19.4 Å². The van der Waals surface area contributed by atoms with Gasteiger partial charge in [-0.1, -0.05) is 45.0 Å². The quantitative estimate of drug-likeness (QED) is 0.588. The molecule has 2 heterocycles. The molecule has 1 aromatic heterocycles. The Balaban J connectivity index is 1.65. The highest BCUT2D eigenvalue weighted by atomic mass is 32.1. The van der Waals surface area contributed by atoms with Gasteiger partial charge in [0.05, 0.1) is 22.2 Å². The molecule has 0 spiro atoms. The minimum Gasteiger partial charge on any atom is -0.468 e. The van der Waals surface area contributed by atoms with Crippen molar-refractivity contribution in [2.75, 3.05) is 6.54 Å². The Morgan fingerprint density at radius 2 is 2.03 bits per heavy atom. The van der Waals surface area contributed by atoms with Gasteiger partial charge in [0.2, 0.25) is 5.91 Å². The first kappa shape index (κ1) is 23.4. The highest BCUT2D eigenvalue weighted by Gasteiger charge is 2.44. The SMILES string of the molecule is [CH2-][NH2+][C@H](C(=O)N1C[C@@H](O)C[C@H]1C(=O)NCc1ccc(-c2scnc2C)cc1)C(C)(C)C. The number of nitrogens with two attached hydrogens (primary N) is 1. The maximum atomic E-state index is 13.1. The maximum Gasteiger partial charge on any atom is 0.279 e. The summed E-state index contributed by atoms with van der Waals surface area (Å²) in [6.07, 6.45) is -0.457. The topological polar surface area (TPSA) is 99.1 Å². The predicted octanol–water partition coefficient (Wildman–Crippen LogP) is 1.47. The third kappa shape index (κ3) is 5.31. The lowest BCUT2D eigenvalue weighted by Gasteiger charge is -2.34. The van der Waals surface area contributed by atoms with Crippen LogP contribution >= 0.6 is 11.3 Å². The van der Waals surface area contributed by atoms with Gasteiger partial charge in [-0.3, -0.25) is 9.59 Å². The minimum absolute atomic E-state index is 0.163. The molecule has 7 nitrogen and oxygen atoms in total. The molecule has 8 heteroatoms. The molecule has 1 fully saturated rings. The Morgan fingerprint density at radius 3 is 2.58 bits per heavy atom. The zero-order valence-electron chi connectivity index (χ0n) is 18.6. The number of rotatable bonds is 6. The van der Waals surface area contributed by atoms with Crippen molar-refractivity contribution in [3.05, 3.63) is 48.1 Å². The number of aryl methyl sites for hydroxylation is 1. The van der Waals surface area contributed by atoms with Crippen LogP contribution in [0.15, 0.2) is 29.8 Å². The fourth-order valence-corrected chi connectivity index (χ4v) is 4.78. The Labute approximate surface area is 187 Å². The number of carbonyl (C=O) groups excluding carboxylic acids is 2. The second-order valence-electron chi connectivity index (χ2n) is 9.16. The first-order valence-corrected chi connectivity index (χ1v) is 11.4. The number of amides is 2. The van der Waals surface area contributed by atoms with E-state index in [1.807, 2.05) is 57.5 Å². The Bertz CT molecular complexity index is 920. The molecule has 1 aliphatic rings. The molecule has 2 amide bonds. The van der Waals surface area contributed by atoms with Gasteiger partial charge in [-0.2, -0.15) is 7.05 Å². The molecular formula is C23H32N4O3S. The largest absolute Gasteiger partial charge is 0.468 e. The summed E-state index contributed by atoms with van der Waals surface area (Å²) >= 11 is 1.60. The van der Waals surface area contributed by atoms with Gasteiger partial charge in [-0.05, 0) is 18.1 Å². The van der Waals surface area contributed by atoms with Crippen molar-refractivity contribution in [2.45, 2.75) is 58.8 Å². The lowest BCUT2D eigenvalue weighted by molar-refractivity contribution is -0.634. The van der Waals surface area contributed by atoms with Crippen molar-refractivity contribution in [1.82, 2.24) is 15.2 Å². The van der Waals surface area contributed by atoms with Crippen molar-refractivity contribution in [3.8, 4) is 10.4 Å². The van der Waals surface area contributed by atoms with Gasteiger partial charge in [0.25, 0.3) is 5.91 Å². The molecule has 31 heavy (non-hydrogen) atoms. The summed E-state index contributed by atoms with van der Waals surface area (Å²) in [6.45, 7) is 8.42. The Hall–Kier alpha value is -2.29. The second-order valence-corrected chi connectivity index (χ2v) is 10.0. The van der Waals surface area contributed by atoms with Gasteiger partial charge in [0.1, 0.15) is 12.1 Å². The van der Waals surface area contributed by atoms with Crippen molar-refractivity contribution < 1.29 is 20.0 Å². The third-order valence-electron chi connectivity index (χ3n) is 5.73. The van der Waals surface area contributed by atoms with Crippen LogP contribution < -0.4 is 10.6 Å². The van der Waals surface area contributed by atoms with Crippen LogP contribution in [0.1, 0.15) is 38.4 Å². The molecule has 0 unspecified atom stereocenters. The van der Waals surface area contributed by atoms with E-state index in [1.54, 1.807) is 16.7 Å². The van der Waals surface area contributed by atoms with E-state index in [2.05, 4.69) is 17.3 Å². The summed E-state index contributed by atoms with van der Waals surface area (Å²) in [5.41, 5.74) is 4.59. The molecule has 0 bridgehead atoms. The van der Waals surface area contributed by atoms with Gasteiger partial charge >= 0.3 is 0 Å². The van der Waals surface area contributed by atoms with E-state index in [9.17, 15) is 14.7 Å². The number of benzene rings is 1. The predicted molar refractivity (Wildman–Crippen MR) is 121 cm³/mol. The smallest absolute Gasteiger partial charge is 0.279 e. The fourth-order valence-electron chi connectivity index (χ4n) is 3.97. The van der Waals surface area contributed by atoms with Gasteiger partial charge in [0.15, 0.2) is 0 Å². The Kier molecular flexibility index (Phi) is 7.13. The number of likely N-dealkylation sites (tertiary alicyclic amines) is 1. The summed E-state index contributed by atoms with van der Waals surface area (Å²) in [6, 6.07) is 6.91. The van der Waals surface area contributed by atoms with Crippen molar-refractivity contribution in [2.24, 2.45) is 5.41 Å². The number of nitrogens with zero attached hydrogens (tertiary/aromatic N) is 2. The second kappa shape index (κ2) is 9.46. The molecule has 4 N–H and O–H groups in total. The van der Waals surface area contributed by atoms with Gasteiger partial charge in [0, 0.05) is 24.9 Å². The molecule has 1 aromatic carbocycles. The zero-order valence-corrected chi connectivity index (χ0v) is 19.4. The first-order chi connectivity index (χ1) is 14.6. The summed E-state index contributed by atoms with van der Waals surface area (Å²) < 4.78 is 0. The van der Waals surface area contributed by atoms with E-state index in [0.29, 0.717) is 6.54 Å².